The normalized spacial score (nSPS) is 12.7. The Labute approximate surface area is 139 Å². The summed E-state index contributed by atoms with van der Waals surface area (Å²) in [7, 11) is 0. The Hall–Kier alpha value is -2.29. The Bertz CT molecular complexity index is 788. The maximum absolute atomic E-state index is 12.5. The van der Waals surface area contributed by atoms with Crippen LogP contribution in [0.2, 0.25) is 0 Å². The summed E-state index contributed by atoms with van der Waals surface area (Å²) in [4.78, 5) is 30.1. The Kier molecular flexibility index (Phi) is 5.33. The van der Waals surface area contributed by atoms with Gasteiger partial charge in [-0.3, -0.25) is 9.59 Å². The number of thioether (sulfide) groups is 1. The van der Waals surface area contributed by atoms with Crippen LogP contribution in [0.1, 0.15) is 18.2 Å². The summed E-state index contributed by atoms with van der Waals surface area (Å²) >= 11 is 1.05. The third kappa shape index (κ3) is 4.85. The van der Waals surface area contributed by atoms with Gasteiger partial charge < -0.3 is 10.3 Å². The van der Waals surface area contributed by atoms with Gasteiger partial charge in [0.15, 0.2) is 5.16 Å². The molecule has 1 aromatic carbocycles. The van der Waals surface area contributed by atoms with Crippen LogP contribution in [-0.4, -0.2) is 21.1 Å². The molecule has 0 aliphatic heterocycles. The molecule has 2 N–H and O–H groups in total. The van der Waals surface area contributed by atoms with Gasteiger partial charge in [0.05, 0.1) is 10.8 Å². The SMILES string of the molecule is Cc1cc(=O)[nH]c(SC(C)C(=O)Nc2ccc(C(F)(F)F)cc2)n1. The van der Waals surface area contributed by atoms with Crippen LogP contribution >= 0.6 is 11.8 Å². The molecule has 24 heavy (non-hydrogen) atoms. The number of carbonyl (C=O) groups excluding carboxylic acids is 1. The lowest BCUT2D eigenvalue weighted by atomic mass is 10.2. The Balaban J connectivity index is 2.02. The predicted octanol–water partition coefficient (Wildman–Crippen LogP) is 3.22. The van der Waals surface area contributed by atoms with Crippen molar-refractivity contribution >= 4 is 23.4 Å². The number of carbonyl (C=O) groups is 1. The molecule has 0 saturated carbocycles. The molecule has 9 heteroatoms. The summed E-state index contributed by atoms with van der Waals surface area (Å²) in [5, 5.41) is 2.22. The van der Waals surface area contributed by atoms with Crippen molar-refractivity contribution in [2.24, 2.45) is 0 Å². The van der Waals surface area contributed by atoms with E-state index in [0.717, 1.165) is 23.9 Å². The molecule has 2 rings (SSSR count). The number of rotatable bonds is 4. The van der Waals surface area contributed by atoms with Gasteiger partial charge in [-0.05, 0) is 38.1 Å². The van der Waals surface area contributed by atoms with E-state index in [0.29, 0.717) is 10.9 Å². The van der Waals surface area contributed by atoms with Crippen LogP contribution in [0.15, 0.2) is 40.3 Å². The lowest BCUT2D eigenvalue weighted by Crippen LogP contribution is -2.23. The fourth-order valence-corrected chi connectivity index (χ4v) is 2.67. The average Bonchev–Trinajstić information content (AvgIpc) is 2.45. The molecule has 1 aromatic heterocycles. The van der Waals surface area contributed by atoms with E-state index < -0.39 is 22.9 Å². The van der Waals surface area contributed by atoms with Gasteiger partial charge >= 0.3 is 6.18 Å². The number of aryl methyl sites for hydroxylation is 1. The van der Waals surface area contributed by atoms with Crippen molar-refractivity contribution in [3.05, 3.63) is 51.9 Å². The highest BCUT2D eigenvalue weighted by Crippen LogP contribution is 2.30. The highest BCUT2D eigenvalue weighted by molar-refractivity contribution is 8.00. The summed E-state index contributed by atoms with van der Waals surface area (Å²) < 4.78 is 37.5. The van der Waals surface area contributed by atoms with Crippen LogP contribution in [-0.2, 0) is 11.0 Å². The third-order valence-electron chi connectivity index (χ3n) is 2.99. The molecule has 5 nitrogen and oxygen atoms in total. The minimum Gasteiger partial charge on any atom is -0.325 e. The number of alkyl halides is 3. The van der Waals surface area contributed by atoms with E-state index in [1.807, 2.05) is 0 Å². The number of aromatic amines is 1. The molecular weight excluding hydrogens is 343 g/mol. The number of H-pyrrole nitrogens is 1. The first kappa shape index (κ1) is 18.1. The zero-order valence-electron chi connectivity index (χ0n) is 12.8. The van der Waals surface area contributed by atoms with Gasteiger partial charge in [-0.1, -0.05) is 11.8 Å². The zero-order chi connectivity index (χ0) is 17.9. The molecule has 1 atom stereocenters. The van der Waals surface area contributed by atoms with Crippen LogP contribution in [0.5, 0.6) is 0 Å². The van der Waals surface area contributed by atoms with E-state index in [1.165, 1.54) is 18.2 Å². The quantitative estimate of drug-likeness (QED) is 0.651. The van der Waals surface area contributed by atoms with Crippen molar-refractivity contribution in [3.63, 3.8) is 0 Å². The fraction of sp³-hybridized carbons (Fsp3) is 0.267. The smallest absolute Gasteiger partial charge is 0.325 e. The molecule has 128 valence electrons. The standard InChI is InChI=1S/C15H14F3N3O2S/c1-8-7-12(22)21-14(19-8)24-9(2)13(23)20-11-5-3-10(4-6-11)15(16,17)18/h3-7,9H,1-2H3,(H,20,23)(H,19,21,22). The first-order valence-electron chi connectivity index (χ1n) is 6.88. The second kappa shape index (κ2) is 7.08. The van der Waals surface area contributed by atoms with E-state index in [1.54, 1.807) is 13.8 Å². The Morgan fingerprint density at radius 1 is 1.29 bits per heavy atom. The molecule has 0 aliphatic carbocycles. The van der Waals surface area contributed by atoms with E-state index in [9.17, 15) is 22.8 Å². The largest absolute Gasteiger partial charge is 0.416 e. The van der Waals surface area contributed by atoms with E-state index in [2.05, 4.69) is 15.3 Å². The van der Waals surface area contributed by atoms with E-state index >= 15 is 0 Å². The number of nitrogens with zero attached hydrogens (tertiary/aromatic N) is 1. The van der Waals surface area contributed by atoms with Crippen molar-refractivity contribution in [3.8, 4) is 0 Å². The second-order valence-corrected chi connectivity index (χ2v) is 6.35. The lowest BCUT2D eigenvalue weighted by Gasteiger charge is -2.12. The lowest BCUT2D eigenvalue weighted by molar-refractivity contribution is -0.137. The Morgan fingerprint density at radius 2 is 1.92 bits per heavy atom. The van der Waals surface area contributed by atoms with Crippen LogP contribution in [0.3, 0.4) is 0 Å². The van der Waals surface area contributed by atoms with Gasteiger partial charge in [-0.25, -0.2) is 4.98 Å². The molecular formula is C15H14F3N3O2S. The molecule has 0 spiro atoms. The minimum absolute atomic E-state index is 0.256. The summed E-state index contributed by atoms with van der Waals surface area (Å²) in [6.45, 7) is 3.26. The van der Waals surface area contributed by atoms with Crippen molar-refractivity contribution in [1.82, 2.24) is 9.97 Å². The van der Waals surface area contributed by atoms with Crippen LogP contribution in [0.4, 0.5) is 18.9 Å². The highest BCUT2D eigenvalue weighted by Gasteiger charge is 2.30. The van der Waals surface area contributed by atoms with Crippen molar-refractivity contribution in [2.45, 2.75) is 30.4 Å². The topological polar surface area (TPSA) is 74.8 Å². The summed E-state index contributed by atoms with van der Waals surface area (Å²) in [5.41, 5.74) is -0.326. The summed E-state index contributed by atoms with van der Waals surface area (Å²) in [6, 6.07) is 5.49. The maximum Gasteiger partial charge on any atom is 0.416 e. The monoisotopic (exact) mass is 357 g/mol. The van der Waals surface area contributed by atoms with Gasteiger partial charge in [0.25, 0.3) is 5.56 Å². The van der Waals surface area contributed by atoms with Gasteiger partial charge in [0, 0.05) is 17.4 Å². The molecule has 0 bridgehead atoms. The zero-order valence-corrected chi connectivity index (χ0v) is 13.6. The Morgan fingerprint density at radius 3 is 2.46 bits per heavy atom. The van der Waals surface area contributed by atoms with Gasteiger partial charge in [0.1, 0.15) is 0 Å². The van der Waals surface area contributed by atoms with Crippen LogP contribution in [0, 0.1) is 6.92 Å². The number of anilines is 1. The van der Waals surface area contributed by atoms with Gasteiger partial charge in [0.2, 0.25) is 5.91 Å². The molecule has 0 fully saturated rings. The van der Waals surface area contributed by atoms with Crippen LogP contribution < -0.4 is 10.9 Å². The third-order valence-corrected chi connectivity index (χ3v) is 3.97. The predicted molar refractivity (Wildman–Crippen MR) is 85.0 cm³/mol. The molecule has 1 unspecified atom stereocenters. The fourth-order valence-electron chi connectivity index (χ4n) is 1.81. The van der Waals surface area contributed by atoms with Crippen molar-refractivity contribution in [2.75, 3.05) is 5.32 Å². The second-order valence-electron chi connectivity index (χ2n) is 5.02. The molecule has 1 heterocycles. The molecule has 0 radical (unpaired) electrons. The summed E-state index contributed by atoms with van der Waals surface area (Å²) in [6.07, 6.45) is -4.42. The summed E-state index contributed by atoms with van der Waals surface area (Å²) in [5.74, 6) is -0.413. The molecule has 1 amide bonds. The van der Waals surface area contributed by atoms with Crippen molar-refractivity contribution in [1.29, 1.82) is 0 Å². The van der Waals surface area contributed by atoms with Gasteiger partial charge in [-0.15, -0.1) is 0 Å². The maximum atomic E-state index is 12.5. The number of nitrogens with one attached hydrogen (secondary N) is 2. The number of hydrogen-bond donors (Lipinski definition) is 2. The van der Waals surface area contributed by atoms with Crippen molar-refractivity contribution < 1.29 is 18.0 Å². The van der Waals surface area contributed by atoms with Crippen LogP contribution in [0.25, 0.3) is 0 Å². The first-order chi connectivity index (χ1) is 11.1. The number of hydrogen-bond acceptors (Lipinski definition) is 4. The highest BCUT2D eigenvalue weighted by atomic mass is 32.2. The minimum atomic E-state index is -4.42. The molecule has 0 saturated heterocycles. The first-order valence-corrected chi connectivity index (χ1v) is 7.76. The molecule has 2 aromatic rings. The number of amides is 1. The van der Waals surface area contributed by atoms with E-state index in [-0.39, 0.29) is 11.2 Å². The number of aromatic nitrogens is 2. The van der Waals surface area contributed by atoms with E-state index in [4.69, 9.17) is 0 Å². The number of halogens is 3. The average molecular weight is 357 g/mol. The number of benzene rings is 1. The molecule has 0 aliphatic rings. The van der Waals surface area contributed by atoms with Gasteiger partial charge in [-0.2, -0.15) is 13.2 Å².